The maximum absolute atomic E-state index is 12.1. The third-order valence-corrected chi connectivity index (χ3v) is 3.90. The molecule has 2 atom stereocenters. The van der Waals surface area contributed by atoms with Gasteiger partial charge >= 0.3 is 0 Å². The van der Waals surface area contributed by atoms with Gasteiger partial charge in [0.1, 0.15) is 5.56 Å². The molecule has 2 unspecified atom stereocenters. The van der Waals surface area contributed by atoms with Crippen molar-refractivity contribution in [2.75, 3.05) is 6.54 Å². The highest BCUT2D eigenvalue weighted by molar-refractivity contribution is 5.95. The number of aromatic amines is 1. The number of H-pyrrole nitrogens is 1. The molecule has 0 aliphatic heterocycles. The minimum atomic E-state index is -0.344. The first-order chi connectivity index (χ1) is 9.47. The van der Waals surface area contributed by atoms with E-state index >= 15 is 0 Å². The van der Waals surface area contributed by atoms with Crippen LogP contribution < -0.4 is 10.9 Å². The fourth-order valence-electron chi connectivity index (χ4n) is 2.91. The van der Waals surface area contributed by atoms with E-state index < -0.39 is 0 Å². The quantitative estimate of drug-likeness (QED) is 0.778. The Hall–Kier alpha value is -1.62. The Labute approximate surface area is 118 Å². The predicted octanol–water partition coefficient (Wildman–Crippen LogP) is 1.27. The zero-order valence-electron chi connectivity index (χ0n) is 12.0. The van der Waals surface area contributed by atoms with Gasteiger partial charge in [-0.3, -0.25) is 9.59 Å². The molecule has 20 heavy (non-hydrogen) atoms. The van der Waals surface area contributed by atoms with Crippen molar-refractivity contribution >= 4 is 5.91 Å². The Bertz CT molecular complexity index is 551. The second-order valence-corrected chi connectivity index (χ2v) is 5.74. The molecule has 0 aromatic carbocycles. The minimum absolute atomic E-state index is 0.187. The highest BCUT2D eigenvalue weighted by atomic mass is 16.3. The predicted molar refractivity (Wildman–Crippen MR) is 76.8 cm³/mol. The lowest BCUT2D eigenvalue weighted by Gasteiger charge is -2.25. The fraction of sp³-hybridized carbons (Fsp3) is 0.600. The smallest absolute Gasteiger partial charge is 0.261 e. The number of carbonyl (C=O) groups is 1. The van der Waals surface area contributed by atoms with E-state index in [4.69, 9.17) is 0 Å². The summed E-state index contributed by atoms with van der Waals surface area (Å²) in [5.41, 5.74) is 1.28. The van der Waals surface area contributed by atoms with Crippen molar-refractivity contribution in [2.45, 2.75) is 45.6 Å². The van der Waals surface area contributed by atoms with Crippen LogP contribution in [0.25, 0.3) is 0 Å². The van der Waals surface area contributed by atoms with E-state index in [-0.39, 0.29) is 23.1 Å². The molecule has 1 saturated carbocycles. The van der Waals surface area contributed by atoms with Gasteiger partial charge in [0.05, 0.1) is 6.10 Å². The first-order valence-corrected chi connectivity index (χ1v) is 7.14. The second kappa shape index (κ2) is 6.22. The van der Waals surface area contributed by atoms with E-state index in [9.17, 15) is 14.7 Å². The molecule has 0 saturated heterocycles. The average molecular weight is 278 g/mol. The highest BCUT2D eigenvalue weighted by Crippen LogP contribution is 2.23. The lowest BCUT2D eigenvalue weighted by atomic mass is 9.87. The van der Waals surface area contributed by atoms with Crippen LogP contribution in [0.1, 0.15) is 47.3 Å². The van der Waals surface area contributed by atoms with Gasteiger partial charge in [-0.15, -0.1) is 0 Å². The number of carbonyl (C=O) groups excluding carboxylic acids is 1. The van der Waals surface area contributed by atoms with Crippen LogP contribution in [0.4, 0.5) is 0 Å². The number of aryl methyl sites for hydroxylation is 2. The van der Waals surface area contributed by atoms with Crippen LogP contribution in [0, 0.1) is 19.8 Å². The molecule has 1 aromatic rings. The summed E-state index contributed by atoms with van der Waals surface area (Å²) in [6.07, 6.45) is 3.33. The monoisotopic (exact) mass is 278 g/mol. The third kappa shape index (κ3) is 3.48. The summed E-state index contributed by atoms with van der Waals surface area (Å²) < 4.78 is 0. The average Bonchev–Trinajstić information content (AvgIpc) is 2.35. The number of amides is 1. The molecule has 1 fully saturated rings. The first kappa shape index (κ1) is 14.8. The molecule has 1 aliphatic carbocycles. The van der Waals surface area contributed by atoms with Gasteiger partial charge in [-0.2, -0.15) is 0 Å². The van der Waals surface area contributed by atoms with E-state index in [1.165, 1.54) is 0 Å². The van der Waals surface area contributed by atoms with E-state index in [0.29, 0.717) is 18.0 Å². The van der Waals surface area contributed by atoms with E-state index in [1.807, 2.05) is 0 Å². The van der Waals surface area contributed by atoms with E-state index in [2.05, 4.69) is 10.3 Å². The van der Waals surface area contributed by atoms with Crippen molar-refractivity contribution in [3.05, 3.63) is 33.2 Å². The maximum Gasteiger partial charge on any atom is 0.261 e. The van der Waals surface area contributed by atoms with E-state index in [1.54, 1.807) is 19.9 Å². The van der Waals surface area contributed by atoms with Crippen molar-refractivity contribution in [3.8, 4) is 0 Å². The summed E-state index contributed by atoms with van der Waals surface area (Å²) in [5, 5.41) is 12.4. The Morgan fingerprint density at radius 3 is 2.85 bits per heavy atom. The number of hydrogen-bond donors (Lipinski definition) is 3. The summed E-state index contributed by atoms with van der Waals surface area (Å²) in [5.74, 6) is -0.0312. The Kier molecular flexibility index (Phi) is 4.60. The summed E-state index contributed by atoms with van der Waals surface area (Å²) in [4.78, 5) is 26.6. The third-order valence-electron chi connectivity index (χ3n) is 3.90. The molecule has 3 N–H and O–H groups in total. The second-order valence-electron chi connectivity index (χ2n) is 5.74. The molecule has 2 rings (SSSR count). The molecule has 1 heterocycles. The summed E-state index contributed by atoms with van der Waals surface area (Å²) in [6, 6.07) is 1.79. The molecule has 110 valence electrons. The number of nitrogens with one attached hydrogen (secondary N) is 2. The van der Waals surface area contributed by atoms with Crippen molar-refractivity contribution in [3.63, 3.8) is 0 Å². The number of hydrogen-bond acceptors (Lipinski definition) is 3. The molecular weight excluding hydrogens is 256 g/mol. The van der Waals surface area contributed by atoms with E-state index in [0.717, 1.165) is 31.4 Å². The maximum atomic E-state index is 12.1. The Balaban J connectivity index is 2.00. The Morgan fingerprint density at radius 2 is 2.20 bits per heavy atom. The lowest BCUT2D eigenvalue weighted by Crippen LogP contribution is -2.36. The van der Waals surface area contributed by atoms with Crippen LogP contribution in [-0.4, -0.2) is 28.6 Å². The zero-order chi connectivity index (χ0) is 14.7. The van der Waals surface area contributed by atoms with Gasteiger partial charge in [0.15, 0.2) is 0 Å². The molecule has 0 spiro atoms. The molecule has 1 aliphatic rings. The number of pyridine rings is 1. The topological polar surface area (TPSA) is 82.2 Å². The molecule has 5 heteroatoms. The van der Waals surface area contributed by atoms with Crippen LogP contribution >= 0.6 is 0 Å². The van der Waals surface area contributed by atoms with Crippen molar-refractivity contribution < 1.29 is 9.90 Å². The molecule has 5 nitrogen and oxygen atoms in total. The Morgan fingerprint density at radius 1 is 1.45 bits per heavy atom. The van der Waals surface area contributed by atoms with Crippen molar-refractivity contribution in [2.24, 2.45) is 5.92 Å². The molecular formula is C15H22N2O3. The lowest BCUT2D eigenvalue weighted by molar-refractivity contribution is 0.0872. The minimum Gasteiger partial charge on any atom is -0.393 e. The van der Waals surface area contributed by atoms with Gasteiger partial charge in [0.25, 0.3) is 11.5 Å². The number of aromatic nitrogens is 1. The van der Waals surface area contributed by atoms with Crippen LogP contribution in [0.5, 0.6) is 0 Å². The number of rotatable bonds is 3. The highest BCUT2D eigenvalue weighted by Gasteiger charge is 2.21. The molecule has 0 bridgehead atoms. The summed E-state index contributed by atoms with van der Waals surface area (Å²) >= 11 is 0. The van der Waals surface area contributed by atoms with Crippen molar-refractivity contribution in [1.82, 2.24) is 10.3 Å². The van der Waals surface area contributed by atoms with Gasteiger partial charge in [-0.05, 0) is 50.7 Å². The normalized spacial score (nSPS) is 22.6. The van der Waals surface area contributed by atoms with Gasteiger partial charge in [-0.1, -0.05) is 6.42 Å². The zero-order valence-corrected chi connectivity index (χ0v) is 12.0. The standard InChI is InChI=1S/C15H22N2O3/c1-9-6-10(2)17-15(20)13(9)14(19)16-8-11-4-3-5-12(18)7-11/h6,11-12,18H,3-5,7-8H2,1-2H3,(H,16,19)(H,17,20). The first-order valence-electron chi connectivity index (χ1n) is 7.14. The molecule has 1 aromatic heterocycles. The molecule has 1 amide bonds. The van der Waals surface area contributed by atoms with Crippen LogP contribution in [-0.2, 0) is 0 Å². The van der Waals surface area contributed by atoms with Gasteiger partial charge in [-0.25, -0.2) is 0 Å². The number of aliphatic hydroxyl groups excluding tert-OH is 1. The molecule has 0 radical (unpaired) electrons. The van der Waals surface area contributed by atoms with Crippen LogP contribution in [0.3, 0.4) is 0 Å². The SMILES string of the molecule is Cc1cc(C)c(C(=O)NCC2CCCC(O)C2)c(=O)[nH]1. The van der Waals surface area contributed by atoms with Gasteiger partial charge < -0.3 is 15.4 Å². The van der Waals surface area contributed by atoms with Gasteiger partial charge in [0.2, 0.25) is 0 Å². The summed E-state index contributed by atoms with van der Waals surface area (Å²) in [7, 11) is 0. The fourth-order valence-corrected chi connectivity index (χ4v) is 2.91. The van der Waals surface area contributed by atoms with Crippen LogP contribution in [0.15, 0.2) is 10.9 Å². The largest absolute Gasteiger partial charge is 0.393 e. The van der Waals surface area contributed by atoms with Crippen LogP contribution in [0.2, 0.25) is 0 Å². The van der Waals surface area contributed by atoms with Crippen molar-refractivity contribution in [1.29, 1.82) is 0 Å². The summed E-state index contributed by atoms with van der Waals surface area (Å²) in [6.45, 7) is 4.07. The number of aliphatic hydroxyl groups is 1. The van der Waals surface area contributed by atoms with Gasteiger partial charge in [0, 0.05) is 12.2 Å².